The molecule has 0 bridgehead atoms. The van der Waals surface area contributed by atoms with E-state index in [4.69, 9.17) is 0 Å². The average molecular weight is 420 g/mol. The summed E-state index contributed by atoms with van der Waals surface area (Å²) in [7, 11) is 0. The number of rotatable bonds is 5. The van der Waals surface area contributed by atoms with Gasteiger partial charge in [-0.3, -0.25) is 9.69 Å². The number of carboxylic acid groups (broad SMARTS) is 1. The molecule has 160 valence electrons. The summed E-state index contributed by atoms with van der Waals surface area (Å²) in [6, 6.07) is 8.71. The Kier molecular flexibility index (Phi) is 6.34. The number of benzene rings is 2. The standard InChI is InChI=1S/C22H23F3N2O3/c1-12(2)19-16(24)8-14(9-17(19)25)20(13-6-4-3-5-7-13)26-21(28)18-10-15(23)11-27(18)22(29)30/h3-9,12,15,18,20H,10-11H2,1-2H3,(H,26,28)(H,29,30)/t15?,18-,20?/m1/s1. The molecule has 0 saturated carbocycles. The summed E-state index contributed by atoms with van der Waals surface area (Å²) in [4.78, 5) is 24.9. The molecular weight excluding hydrogens is 397 g/mol. The molecule has 3 atom stereocenters. The maximum absolute atomic E-state index is 14.6. The van der Waals surface area contributed by atoms with Crippen molar-refractivity contribution in [1.29, 1.82) is 0 Å². The molecule has 1 aliphatic rings. The molecule has 2 amide bonds. The molecule has 8 heteroatoms. The van der Waals surface area contributed by atoms with E-state index >= 15 is 0 Å². The Balaban J connectivity index is 1.97. The van der Waals surface area contributed by atoms with E-state index < -0.39 is 48.4 Å². The topological polar surface area (TPSA) is 69.6 Å². The SMILES string of the molecule is CC(C)c1c(F)cc(C(NC(=O)[C@H]2CC(F)CN2C(=O)O)c2ccccc2)cc1F. The monoisotopic (exact) mass is 420 g/mol. The van der Waals surface area contributed by atoms with Gasteiger partial charge in [0.1, 0.15) is 23.8 Å². The molecule has 0 aromatic heterocycles. The number of nitrogens with zero attached hydrogens (tertiary/aromatic N) is 1. The molecule has 2 aromatic carbocycles. The molecule has 1 heterocycles. The molecule has 0 spiro atoms. The fourth-order valence-electron chi connectivity index (χ4n) is 3.81. The van der Waals surface area contributed by atoms with Crippen LogP contribution in [0.2, 0.25) is 0 Å². The van der Waals surface area contributed by atoms with Crippen LogP contribution in [0.25, 0.3) is 0 Å². The van der Waals surface area contributed by atoms with Gasteiger partial charge >= 0.3 is 6.09 Å². The van der Waals surface area contributed by atoms with E-state index in [2.05, 4.69) is 5.32 Å². The summed E-state index contributed by atoms with van der Waals surface area (Å²) in [5.74, 6) is -2.55. The lowest BCUT2D eigenvalue weighted by Gasteiger charge is -2.25. The van der Waals surface area contributed by atoms with Gasteiger partial charge in [-0.1, -0.05) is 44.2 Å². The third-order valence-corrected chi connectivity index (χ3v) is 5.23. The Morgan fingerprint density at radius 2 is 1.70 bits per heavy atom. The number of hydrogen-bond donors (Lipinski definition) is 2. The van der Waals surface area contributed by atoms with E-state index in [9.17, 15) is 27.9 Å². The van der Waals surface area contributed by atoms with E-state index in [0.29, 0.717) is 5.56 Å². The van der Waals surface area contributed by atoms with Gasteiger partial charge in [-0.2, -0.15) is 0 Å². The molecule has 2 unspecified atom stereocenters. The van der Waals surface area contributed by atoms with Crippen LogP contribution >= 0.6 is 0 Å². The van der Waals surface area contributed by atoms with Crippen LogP contribution in [0.15, 0.2) is 42.5 Å². The maximum Gasteiger partial charge on any atom is 0.408 e. The van der Waals surface area contributed by atoms with Gasteiger partial charge in [0.05, 0.1) is 12.6 Å². The number of halogens is 3. The van der Waals surface area contributed by atoms with Gasteiger partial charge in [0.25, 0.3) is 0 Å². The number of carbonyl (C=O) groups is 2. The van der Waals surface area contributed by atoms with E-state index in [1.807, 2.05) is 0 Å². The van der Waals surface area contributed by atoms with Gasteiger partial charge in [0, 0.05) is 12.0 Å². The van der Waals surface area contributed by atoms with Crippen LogP contribution in [0.5, 0.6) is 0 Å². The van der Waals surface area contributed by atoms with E-state index in [1.54, 1.807) is 44.2 Å². The first-order valence-electron chi connectivity index (χ1n) is 9.66. The van der Waals surface area contributed by atoms with Crippen molar-refractivity contribution >= 4 is 12.0 Å². The third kappa shape index (κ3) is 4.42. The van der Waals surface area contributed by atoms with Crippen molar-refractivity contribution < 1.29 is 27.9 Å². The van der Waals surface area contributed by atoms with Crippen molar-refractivity contribution in [2.75, 3.05) is 6.54 Å². The van der Waals surface area contributed by atoms with E-state index in [-0.39, 0.29) is 23.5 Å². The maximum atomic E-state index is 14.6. The van der Waals surface area contributed by atoms with Crippen LogP contribution < -0.4 is 5.32 Å². The van der Waals surface area contributed by atoms with Crippen LogP contribution in [0.1, 0.15) is 48.9 Å². The second kappa shape index (κ2) is 8.77. The van der Waals surface area contributed by atoms with Crippen LogP contribution in [0.4, 0.5) is 18.0 Å². The summed E-state index contributed by atoms with van der Waals surface area (Å²) in [6.07, 6.45) is -3.12. The van der Waals surface area contributed by atoms with Crippen LogP contribution in [-0.2, 0) is 4.79 Å². The summed E-state index contributed by atoms with van der Waals surface area (Å²) in [5.41, 5.74) is 0.675. The number of amides is 2. The van der Waals surface area contributed by atoms with Gasteiger partial charge in [0.15, 0.2) is 0 Å². The summed E-state index contributed by atoms with van der Waals surface area (Å²) in [6.45, 7) is 2.95. The van der Waals surface area contributed by atoms with Crippen molar-refractivity contribution in [3.05, 3.63) is 70.8 Å². The number of carbonyl (C=O) groups excluding carboxylic acids is 1. The van der Waals surface area contributed by atoms with Gasteiger partial charge in [0.2, 0.25) is 5.91 Å². The van der Waals surface area contributed by atoms with Gasteiger partial charge in [-0.15, -0.1) is 0 Å². The van der Waals surface area contributed by atoms with Gasteiger partial charge in [-0.05, 0) is 29.2 Å². The number of likely N-dealkylation sites (tertiary alicyclic amines) is 1. The van der Waals surface area contributed by atoms with Crippen LogP contribution in [0.3, 0.4) is 0 Å². The zero-order chi connectivity index (χ0) is 22.0. The highest BCUT2D eigenvalue weighted by Crippen LogP contribution is 2.30. The number of hydrogen-bond acceptors (Lipinski definition) is 2. The number of alkyl halides is 1. The molecule has 1 saturated heterocycles. The quantitative estimate of drug-likeness (QED) is 0.754. The minimum absolute atomic E-state index is 0.0509. The Morgan fingerprint density at radius 1 is 1.10 bits per heavy atom. The highest BCUT2D eigenvalue weighted by molar-refractivity contribution is 5.86. The highest BCUT2D eigenvalue weighted by atomic mass is 19.1. The molecule has 0 aliphatic carbocycles. The average Bonchev–Trinajstić information content (AvgIpc) is 3.08. The van der Waals surface area contributed by atoms with E-state index in [0.717, 1.165) is 17.0 Å². The second-order valence-electron chi connectivity index (χ2n) is 7.69. The van der Waals surface area contributed by atoms with E-state index in [1.165, 1.54) is 0 Å². The first-order chi connectivity index (χ1) is 14.2. The number of nitrogens with one attached hydrogen (secondary N) is 1. The fraction of sp³-hybridized carbons (Fsp3) is 0.364. The molecule has 0 radical (unpaired) electrons. The first-order valence-corrected chi connectivity index (χ1v) is 9.66. The lowest BCUT2D eigenvalue weighted by Crippen LogP contribution is -2.46. The summed E-state index contributed by atoms with van der Waals surface area (Å²) >= 11 is 0. The van der Waals surface area contributed by atoms with Crippen molar-refractivity contribution in [1.82, 2.24) is 10.2 Å². The second-order valence-corrected chi connectivity index (χ2v) is 7.69. The van der Waals surface area contributed by atoms with Gasteiger partial charge < -0.3 is 10.4 Å². The lowest BCUT2D eigenvalue weighted by molar-refractivity contribution is -0.125. The molecule has 30 heavy (non-hydrogen) atoms. The predicted octanol–water partition coefficient (Wildman–Crippen LogP) is 4.38. The minimum atomic E-state index is -1.45. The first kappa shape index (κ1) is 21.7. The molecule has 1 fully saturated rings. The summed E-state index contributed by atoms with van der Waals surface area (Å²) < 4.78 is 43.0. The molecule has 1 aliphatic heterocycles. The normalized spacial score (nSPS) is 19.7. The van der Waals surface area contributed by atoms with Crippen molar-refractivity contribution in [2.45, 2.75) is 44.4 Å². The fourth-order valence-corrected chi connectivity index (χ4v) is 3.81. The Bertz CT molecular complexity index is 913. The Hall–Kier alpha value is -3.03. The highest BCUT2D eigenvalue weighted by Gasteiger charge is 2.40. The van der Waals surface area contributed by atoms with Crippen molar-refractivity contribution in [2.24, 2.45) is 0 Å². The van der Waals surface area contributed by atoms with Crippen molar-refractivity contribution in [3.8, 4) is 0 Å². The minimum Gasteiger partial charge on any atom is -0.465 e. The zero-order valence-electron chi connectivity index (χ0n) is 16.6. The Morgan fingerprint density at radius 3 is 2.23 bits per heavy atom. The van der Waals surface area contributed by atoms with Crippen molar-refractivity contribution in [3.63, 3.8) is 0 Å². The molecule has 3 rings (SSSR count). The van der Waals surface area contributed by atoms with Crippen LogP contribution in [0, 0.1) is 11.6 Å². The zero-order valence-corrected chi connectivity index (χ0v) is 16.6. The van der Waals surface area contributed by atoms with Gasteiger partial charge in [-0.25, -0.2) is 18.0 Å². The third-order valence-electron chi connectivity index (χ3n) is 5.23. The Labute approximate surface area is 172 Å². The lowest BCUT2D eigenvalue weighted by atomic mass is 9.93. The molecule has 2 N–H and O–H groups in total. The smallest absolute Gasteiger partial charge is 0.408 e. The predicted molar refractivity (Wildman–Crippen MR) is 105 cm³/mol. The molecule has 2 aromatic rings. The molecular formula is C22H23F3N2O3. The van der Waals surface area contributed by atoms with Crippen LogP contribution in [-0.4, -0.2) is 40.8 Å². The molecule has 5 nitrogen and oxygen atoms in total. The summed E-state index contributed by atoms with van der Waals surface area (Å²) in [5, 5.41) is 11.9. The largest absolute Gasteiger partial charge is 0.465 e.